The molecule has 0 N–H and O–H groups in total. The Morgan fingerprint density at radius 2 is 1.42 bits per heavy atom. The molecule has 0 unspecified atom stereocenters. The van der Waals surface area contributed by atoms with Gasteiger partial charge >= 0.3 is 5.97 Å². The van der Waals surface area contributed by atoms with Gasteiger partial charge in [0.2, 0.25) is 0 Å². The van der Waals surface area contributed by atoms with Crippen molar-refractivity contribution in [3.63, 3.8) is 0 Å². The summed E-state index contributed by atoms with van der Waals surface area (Å²) in [5.41, 5.74) is -1.17. The van der Waals surface area contributed by atoms with E-state index in [4.69, 9.17) is 14.7 Å². The lowest BCUT2D eigenvalue weighted by Gasteiger charge is -2.37. The largest absolute Gasteiger partial charge is 0.493 e. The van der Waals surface area contributed by atoms with E-state index in [1.807, 2.05) is 0 Å². The Balaban J connectivity index is 1.26. The van der Waals surface area contributed by atoms with Crippen molar-refractivity contribution in [2.24, 2.45) is 23.7 Å². The third-order valence-corrected chi connectivity index (χ3v) is 8.01. The van der Waals surface area contributed by atoms with Crippen LogP contribution in [0.15, 0.2) is 30.3 Å². The predicted octanol–water partition coefficient (Wildman–Crippen LogP) is 7.60. The predicted molar refractivity (Wildman–Crippen MR) is 129 cm³/mol. The maximum absolute atomic E-state index is 14.6. The number of rotatable bonds is 7. The summed E-state index contributed by atoms with van der Waals surface area (Å²) in [5, 5.41) is 8.72. The van der Waals surface area contributed by atoms with Gasteiger partial charge in [0, 0.05) is 18.2 Å². The van der Waals surface area contributed by atoms with Gasteiger partial charge in [-0.2, -0.15) is 5.26 Å². The van der Waals surface area contributed by atoms with Crippen molar-refractivity contribution in [2.45, 2.75) is 64.7 Å². The van der Waals surface area contributed by atoms with Crippen LogP contribution in [0.3, 0.4) is 0 Å². The molecule has 4 nitrogen and oxygen atoms in total. The molecule has 4 rings (SSSR count). The van der Waals surface area contributed by atoms with Crippen LogP contribution in [0.5, 0.6) is 11.5 Å². The molecular weight excluding hydrogens is 467 g/mol. The first-order valence-electron chi connectivity index (χ1n) is 12.9. The zero-order valence-corrected chi connectivity index (χ0v) is 20.6. The average Bonchev–Trinajstić information content (AvgIpc) is 2.87. The Kier molecular flexibility index (Phi) is 8.56. The lowest BCUT2D eigenvalue weighted by molar-refractivity contribution is 0.0729. The van der Waals surface area contributed by atoms with Crippen molar-refractivity contribution in [1.82, 2.24) is 0 Å². The number of hydrogen-bond donors (Lipinski definition) is 0. The second-order valence-electron chi connectivity index (χ2n) is 10.2. The first-order valence-corrected chi connectivity index (χ1v) is 12.9. The number of nitriles is 1. The van der Waals surface area contributed by atoms with Gasteiger partial charge in [-0.15, -0.1) is 0 Å². The molecule has 2 aliphatic rings. The molecule has 0 aromatic heterocycles. The number of carbonyl (C=O) groups is 1. The first-order chi connectivity index (χ1) is 17.4. The summed E-state index contributed by atoms with van der Waals surface area (Å²) in [4.78, 5) is 12.3. The highest BCUT2D eigenvalue weighted by Gasteiger charge is 2.30. The molecule has 0 atom stereocenters. The van der Waals surface area contributed by atoms with Gasteiger partial charge in [-0.1, -0.05) is 26.2 Å². The Morgan fingerprint density at radius 1 is 0.861 bits per heavy atom. The van der Waals surface area contributed by atoms with Gasteiger partial charge < -0.3 is 9.47 Å². The quantitative estimate of drug-likeness (QED) is 0.291. The number of nitrogens with zero attached hydrogens (tertiary/aromatic N) is 1. The minimum Gasteiger partial charge on any atom is -0.493 e. The van der Waals surface area contributed by atoms with Crippen LogP contribution >= 0.6 is 0 Å². The van der Waals surface area contributed by atoms with Gasteiger partial charge in [-0.25, -0.2) is 18.0 Å². The fraction of sp³-hybridized carbons (Fsp3) is 0.517. The van der Waals surface area contributed by atoms with Crippen LogP contribution in [0.4, 0.5) is 13.2 Å². The number of ether oxygens (including phenoxy) is 2. The molecule has 0 heterocycles. The van der Waals surface area contributed by atoms with Crippen LogP contribution in [0.25, 0.3) is 0 Å². The molecule has 2 aromatic carbocycles. The van der Waals surface area contributed by atoms with E-state index in [-0.39, 0.29) is 5.56 Å². The van der Waals surface area contributed by atoms with Crippen LogP contribution < -0.4 is 9.47 Å². The van der Waals surface area contributed by atoms with Gasteiger partial charge in [-0.3, -0.25) is 0 Å². The SMILES string of the molecule is CCC1CCC(C2CCC(COc3ccc(C(=O)Oc4cc(F)c(C#N)c(F)c4)c(F)c3)CC2)CC1. The van der Waals surface area contributed by atoms with E-state index in [9.17, 15) is 18.0 Å². The number of carbonyl (C=O) groups excluding carboxylic acids is 1. The zero-order valence-electron chi connectivity index (χ0n) is 20.6. The Morgan fingerprint density at radius 3 is 1.94 bits per heavy atom. The van der Waals surface area contributed by atoms with Crippen molar-refractivity contribution in [3.05, 3.63) is 58.9 Å². The maximum Gasteiger partial charge on any atom is 0.346 e. The third kappa shape index (κ3) is 6.21. The molecule has 0 bridgehead atoms. The van der Waals surface area contributed by atoms with E-state index in [0.29, 0.717) is 30.4 Å². The summed E-state index contributed by atoms with van der Waals surface area (Å²) in [6, 6.07) is 6.63. The highest BCUT2D eigenvalue weighted by atomic mass is 19.1. The Labute approximate surface area is 210 Å². The second kappa shape index (κ2) is 11.8. The fourth-order valence-electron chi connectivity index (χ4n) is 5.74. The van der Waals surface area contributed by atoms with Crippen LogP contribution in [0, 0.1) is 52.5 Å². The monoisotopic (exact) mass is 499 g/mol. The lowest BCUT2D eigenvalue weighted by Crippen LogP contribution is -2.27. The Bertz CT molecular complexity index is 1090. The van der Waals surface area contributed by atoms with Gasteiger partial charge in [-0.05, 0) is 74.3 Å². The number of hydrogen-bond acceptors (Lipinski definition) is 4. The van der Waals surface area contributed by atoms with Gasteiger partial charge in [0.25, 0.3) is 0 Å². The van der Waals surface area contributed by atoms with E-state index in [1.165, 1.54) is 63.1 Å². The van der Waals surface area contributed by atoms with Crippen molar-refractivity contribution in [2.75, 3.05) is 6.61 Å². The van der Waals surface area contributed by atoms with Crippen LogP contribution in [-0.2, 0) is 0 Å². The van der Waals surface area contributed by atoms with Crippen LogP contribution in [0.1, 0.15) is 80.6 Å². The van der Waals surface area contributed by atoms with Crippen molar-refractivity contribution < 1.29 is 27.4 Å². The smallest absolute Gasteiger partial charge is 0.346 e. The summed E-state index contributed by atoms with van der Waals surface area (Å²) in [6.45, 7) is 2.80. The molecular formula is C29H32F3NO3. The number of benzene rings is 2. The van der Waals surface area contributed by atoms with E-state index >= 15 is 0 Å². The van der Waals surface area contributed by atoms with Crippen molar-refractivity contribution in [3.8, 4) is 17.6 Å². The molecule has 0 amide bonds. The maximum atomic E-state index is 14.6. The summed E-state index contributed by atoms with van der Waals surface area (Å²) < 4.78 is 52.8. The highest BCUT2D eigenvalue weighted by molar-refractivity contribution is 5.91. The molecule has 0 aliphatic heterocycles. The van der Waals surface area contributed by atoms with Gasteiger partial charge in [0.05, 0.1) is 12.2 Å². The summed E-state index contributed by atoms with van der Waals surface area (Å²) in [6.07, 6.45) is 11.5. The Hall–Kier alpha value is -3.01. The molecule has 0 radical (unpaired) electrons. The summed E-state index contributed by atoms with van der Waals surface area (Å²) in [7, 11) is 0. The number of halogens is 3. The lowest BCUT2D eigenvalue weighted by atomic mass is 9.69. The van der Waals surface area contributed by atoms with E-state index < -0.39 is 34.7 Å². The topological polar surface area (TPSA) is 59.3 Å². The molecule has 2 aromatic rings. The zero-order chi connectivity index (χ0) is 25.7. The second-order valence-corrected chi connectivity index (χ2v) is 10.2. The molecule has 2 fully saturated rings. The fourth-order valence-corrected chi connectivity index (χ4v) is 5.74. The summed E-state index contributed by atoms with van der Waals surface area (Å²) in [5.74, 6) is -1.38. The normalized spacial score (nSPS) is 24.1. The number of esters is 1. The molecule has 2 aliphatic carbocycles. The third-order valence-electron chi connectivity index (χ3n) is 8.01. The molecule has 7 heteroatoms. The van der Waals surface area contributed by atoms with Crippen molar-refractivity contribution in [1.29, 1.82) is 5.26 Å². The van der Waals surface area contributed by atoms with Crippen LogP contribution in [0.2, 0.25) is 0 Å². The molecule has 2 saturated carbocycles. The first kappa shape index (κ1) is 26.1. The minimum atomic E-state index is -1.16. The molecule has 192 valence electrons. The van der Waals surface area contributed by atoms with Gasteiger partial charge in [0.15, 0.2) is 0 Å². The average molecular weight is 500 g/mol. The van der Waals surface area contributed by atoms with Crippen LogP contribution in [-0.4, -0.2) is 12.6 Å². The highest BCUT2D eigenvalue weighted by Crippen LogP contribution is 2.42. The molecule has 0 spiro atoms. The van der Waals surface area contributed by atoms with E-state index in [2.05, 4.69) is 6.92 Å². The van der Waals surface area contributed by atoms with Crippen molar-refractivity contribution >= 4 is 5.97 Å². The molecule has 36 heavy (non-hydrogen) atoms. The van der Waals surface area contributed by atoms with E-state index in [0.717, 1.165) is 36.7 Å². The molecule has 0 saturated heterocycles. The standard InChI is InChI=1S/C29H32F3NO3/c1-2-18-3-7-20(8-4-18)21-9-5-19(6-10-21)17-35-22-11-12-24(26(30)13-22)29(34)36-23-14-27(31)25(16-33)28(32)15-23/h11-15,18-21H,2-10,17H2,1H3. The van der Waals surface area contributed by atoms with Gasteiger partial charge in [0.1, 0.15) is 40.6 Å². The summed E-state index contributed by atoms with van der Waals surface area (Å²) >= 11 is 0. The van der Waals surface area contributed by atoms with E-state index in [1.54, 1.807) is 0 Å². The minimum absolute atomic E-state index is 0.319.